The standard InChI is InChI=1S/C31H28Br2N4O2/c1-4-5-30-35-29-15-10-25(33)17-28(29)31(38)37(30)34-18-23-16-20(2)36(21(23)3)26-11-13-27(14-12-26)39-19-22-6-8-24(32)9-7-22/h6-18H,4-5,19H2,1-3H3. The number of halogens is 2. The number of hydrogen-bond donors (Lipinski definition) is 0. The number of nitrogens with zero attached hydrogens (tertiary/aromatic N) is 4. The average molecular weight is 648 g/mol. The van der Waals surface area contributed by atoms with Crippen LogP contribution in [0.2, 0.25) is 0 Å². The molecule has 0 saturated heterocycles. The van der Waals surface area contributed by atoms with Gasteiger partial charge in [0.05, 0.1) is 17.1 Å². The third kappa shape index (κ3) is 5.92. The summed E-state index contributed by atoms with van der Waals surface area (Å²) in [5, 5.41) is 5.16. The van der Waals surface area contributed by atoms with Crippen LogP contribution in [0.3, 0.4) is 0 Å². The van der Waals surface area contributed by atoms with Gasteiger partial charge in [0.1, 0.15) is 18.2 Å². The molecule has 0 aliphatic rings. The van der Waals surface area contributed by atoms with E-state index in [1.165, 1.54) is 4.68 Å². The number of ether oxygens (including phenoxy) is 1. The minimum Gasteiger partial charge on any atom is -0.489 e. The van der Waals surface area contributed by atoms with Crippen LogP contribution >= 0.6 is 31.9 Å². The number of benzene rings is 3. The van der Waals surface area contributed by atoms with E-state index in [1.807, 2.05) is 60.7 Å². The van der Waals surface area contributed by atoms with Gasteiger partial charge in [-0.3, -0.25) is 4.79 Å². The zero-order chi connectivity index (χ0) is 27.5. The Kier molecular flexibility index (Phi) is 8.14. The molecule has 6 nitrogen and oxygen atoms in total. The largest absolute Gasteiger partial charge is 0.489 e. The highest BCUT2D eigenvalue weighted by Crippen LogP contribution is 2.23. The molecule has 0 unspecified atom stereocenters. The molecular formula is C31H28Br2N4O2. The first-order valence-electron chi connectivity index (χ1n) is 12.8. The molecular weight excluding hydrogens is 620 g/mol. The lowest BCUT2D eigenvalue weighted by molar-refractivity contribution is 0.306. The van der Waals surface area contributed by atoms with E-state index in [2.05, 4.69) is 68.4 Å². The van der Waals surface area contributed by atoms with Gasteiger partial charge < -0.3 is 9.30 Å². The highest BCUT2D eigenvalue weighted by Gasteiger charge is 2.13. The van der Waals surface area contributed by atoms with Crippen LogP contribution in [0.1, 0.15) is 41.7 Å². The highest BCUT2D eigenvalue weighted by molar-refractivity contribution is 9.10. The maximum Gasteiger partial charge on any atom is 0.282 e. The predicted molar refractivity (Wildman–Crippen MR) is 164 cm³/mol. The fourth-order valence-electron chi connectivity index (χ4n) is 4.57. The summed E-state index contributed by atoms with van der Waals surface area (Å²) in [6.45, 7) is 6.69. The number of aryl methyl sites for hydroxylation is 2. The van der Waals surface area contributed by atoms with Gasteiger partial charge in [-0.15, -0.1) is 0 Å². The van der Waals surface area contributed by atoms with E-state index in [0.717, 1.165) is 49.3 Å². The smallest absolute Gasteiger partial charge is 0.282 e. The molecule has 39 heavy (non-hydrogen) atoms. The van der Waals surface area contributed by atoms with Crippen LogP contribution in [0.5, 0.6) is 5.75 Å². The van der Waals surface area contributed by atoms with E-state index in [4.69, 9.17) is 9.72 Å². The Morgan fingerprint density at radius 3 is 2.38 bits per heavy atom. The summed E-state index contributed by atoms with van der Waals surface area (Å²) in [6, 6.07) is 23.8. The summed E-state index contributed by atoms with van der Waals surface area (Å²) >= 11 is 6.92. The number of fused-ring (bicyclic) bond motifs is 1. The topological polar surface area (TPSA) is 61.4 Å². The van der Waals surface area contributed by atoms with Crippen molar-refractivity contribution in [3.8, 4) is 11.4 Å². The van der Waals surface area contributed by atoms with Crippen LogP contribution < -0.4 is 10.3 Å². The minimum absolute atomic E-state index is 0.173. The van der Waals surface area contributed by atoms with Crippen LogP contribution in [-0.4, -0.2) is 20.4 Å². The predicted octanol–water partition coefficient (Wildman–Crippen LogP) is 7.74. The molecule has 0 aliphatic heterocycles. The highest BCUT2D eigenvalue weighted by atomic mass is 79.9. The van der Waals surface area contributed by atoms with Crippen molar-refractivity contribution >= 4 is 49.0 Å². The first kappa shape index (κ1) is 27.1. The van der Waals surface area contributed by atoms with Gasteiger partial charge in [0.25, 0.3) is 5.56 Å². The first-order valence-corrected chi connectivity index (χ1v) is 14.3. The van der Waals surface area contributed by atoms with Crippen molar-refractivity contribution in [2.24, 2.45) is 5.10 Å². The summed E-state index contributed by atoms with van der Waals surface area (Å²) in [7, 11) is 0. The van der Waals surface area contributed by atoms with Gasteiger partial charge in [0, 0.05) is 38.0 Å². The lowest BCUT2D eigenvalue weighted by Gasteiger charge is -2.12. The Labute approximate surface area is 244 Å². The molecule has 3 aromatic carbocycles. The average Bonchev–Trinajstić information content (AvgIpc) is 3.21. The van der Waals surface area contributed by atoms with E-state index in [0.29, 0.717) is 29.8 Å². The summed E-state index contributed by atoms with van der Waals surface area (Å²) < 4.78 is 11.5. The Balaban J connectivity index is 1.41. The molecule has 0 aliphatic carbocycles. The second kappa shape index (κ2) is 11.7. The lowest BCUT2D eigenvalue weighted by atomic mass is 10.2. The van der Waals surface area contributed by atoms with Crippen molar-refractivity contribution in [2.45, 2.75) is 40.2 Å². The molecule has 0 fully saturated rings. The molecule has 2 aromatic heterocycles. The maximum atomic E-state index is 13.3. The normalized spacial score (nSPS) is 11.5. The molecule has 5 rings (SSSR count). The van der Waals surface area contributed by atoms with Gasteiger partial charge in [-0.05, 0) is 86.5 Å². The summed E-state index contributed by atoms with van der Waals surface area (Å²) in [5.41, 5.74) is 5.68. The Morgan fingerprint density at radius 1 is 0.949 bits per heavy atom. The number of rotatable bonds is 8. The van der Waals surface area contributed by atoms with Crippen molar-refractivity contribution in [1.29, 1.82) is 0 Å². The van der Waals surface area contributed by atoms with Gasteiger partial charge in [-0.25, -0.2) is 4.98 Å². The van der Waals surface area contributed by atoms with Crippen molar-refractivity contribution in [1.82, 2.24) is 14.2 Å². The van der Waals surface area contributed by atoms with E-state index >= 15 is 0 Å². The molecule has 2 heterocycles. The minimum atomic E-state index is -0.173. The van der Waals surface area contributed by atoms with Gasteiger partial charge in [0.2, 0.25) is 0 Å². The first-order chi connectivity index (χ1) is 18.8. The summed E-state index contributed by atoms with van der Waals surface area (Å²) in [5.74, 6) is 1.46. The van der Waals surface area contributed by atoms with Crippen molar-refractivity contribution in [3.63, 3.8) is 0 Å². The molecule has 0 atom stereocenters. The SMILES string of the molecule is CCCc1nc2ccc(Br)cc2c(=O)n1N=Cc1cc(C)n(-c2ccc(OCc3ccc(Br)cc3)cc2)c1C. The van der Waals surface area contributed by atoms with Crippen LogP contribution in [0.25, 0.3) is 16.6 Å². The number of aromatic nitrogens is 3. The van der Waals surface area contributed by atoms with E-state index < -0.39 is 0 Å². The maximum absolute atomic E-state index is 13.3. The Hall–Kier alpha value is -3.49. The molecule has 198 valence electrons. The van der Waals surface area contributed by atoms with Crippen molar-refractivity contribution in [3.05, 3.63) is 120 Å². The van der Waals surface area contributed by atoms with Crippen LogP contribution in [0.15, 0.2) is 91.6 Å². The van der Waals surface area contributed by atoms with Crippen LogP contribution in [0.4, 0.5) is 0 Å². The molecule has 8 heteroatoms. The second-order valence-corrected chi connectivity index (χ2v) is 11.2. The van der Waals surface area contributed by atoms with Crippen molar-refractivity contribution in [2.75, 3.05) is 0 Å². The fourth-order valence-corrected chi connectivity index (χ4v) is 5.20. The molecule has 0 saturated carbocycles. The van der Waals surface area contributed by atoms with Crippen LogP contribution in [-0.2, 0) is 13.0 Å². The van der Waals surface area contributed by atoms with Crippen LogP contribution in [0, 0.1) is 13.8 Å². The quantitative estimate of drug-likeness (QED) is 0.162. The van der Waals surface area contributed by atoms with E-state index in [9.17, 15) is 4.79 Å². The number of hydrogen-bond acceptors (Lipinski definition) is 4. The second-order valence-electron chi connectivity index (χ2n) is 9.37. The van der Waals surface area contributed by atoms with E-state index in [1.54, 1.807) is 12.3 Å². The molecule has 0 N–H and O–H groups in total. The summed E-state index contributed by atoms with van der Waals surface area (Å²) in [4.78, 5) is 18.1. The molecule has 5 aromatic rings. The third-order valence-corrected chi connectivity index (χ3v) is 7.57. The van der Waals surface area contributed by atoms with E-state index in [-0.39, 0.29) is 5.56 Å². The van der Waals surface area contributed by atoms with Gasteiger partial charge in [-0.1, -0.05) is 50.9 Å². The molecule has 0 spiro atoms. The molecule has 0 radical (unpaired) electrons. The van der Waals surface area contributed by atoms with Gasteiger partial charge in [-0.2, -0.15) is 9.78 Å². The van der Waals surface area contributed by atoms with Gasteiger partial charge >= 0.3 is 0 Å². The Morgan fingerprint density at radius 2 is 1.67 bits per heavy atom. The summed E-state index contributed by atoms with van der Waals surface area (Å²) in [6.07, 6.45) is 3.27. The Bertz CT molecular complexity index is 1720. The van der Waals surface area contributed by atoms with Gasteiger partial charge in [0.15, 0.2) is 0 Å². The monoisotopic (exact) mass is 646 g/mol. The lowest BCUT2D eigenvalue weighted by Crippen LogP contribution is -2.22. The van der Waals surface area contributed by atoms with Crippen molar-refractivity contribution < 1.29 is 4.74 Å². The third-order valence-electron chi connectivity index (χ3n) is 6.55. The molecule has 0 bridgehead atoms. The zero-order valence-electron chi connectivity index (χ0n) is 22.0. The molecule has 0 amide bonds. The zero-order valence-corrected chi connectivity index (χ0v) is 25.2. The fraction of sp³-hybridized carbons (Fsp3) is 0.194.